The van der Waals surface area contributed by atoms with Crippen molar-refractivity contribution in [3.05, 3.63) is 122 Å². The summed E-state index contributed by atoms with van der Waals surface area (Å²) in [7, 11) is 0. The van der Waals surface area contributed by atoms with Crippen molar-refractivity contribution in [1.29, 1.82) is 0 Å². The van der Waals surface area contributed by atoms with Crippen molar-refractivity contribution in [2.45, 2.75) is 335 Å². The number of carbonyl (C=O) groups is 3. The van der Waals surface area contributed by atoms with Crippen LogP contribution in [0.15, 0.2) is 122 Å². The lowest BCUT2D eigenvalue weighted by Gasteiger charge is -2.18. The van der Waals surface area contributed by atoms with E-state index in [0.29, 0.717) is 19.3 Å². The SMILES string of the molecule is CC/C=C\C/C=C\C/C=C\C/C=C\C/C=C\CCCCCCCCCCCCCC(=O)OCC(COC(=O)CCCCCCCCCCC/C=C\CCCCCCCC)OC(=O)CCCCCCCC/C=C\C/C=C\C/C=C\C/C=C\CC. The highest BCUT2D eigenvalue weighted by Gasteiger charge is 2.19. The quantitative estimate of drug-likeness (QED) is 0.0261. The summed E-state index contributed by atoms with van der Waals surface area (Å²) in [5.41, 5.74) is 0. The lowest BCUT2D eigenvalue weighted by Crippen LogP contribution is -2.30. The van der Waals surface area contributed by atoms with Crippen molar-refractivity contribution >= 4 is 17.9 Å². The molecule has 0 aliphatic heterocycles. The molecule has 0 radical (unpaired) electrons. The summed E-state index contributed by atoms with van der Waals surface area (Å²) in [5, 5.41) is 0. The molecule has 0 aliphatic carbocycles. The molecule has 474 valence electrons. The fourth-order valence-electron chi connectivity index (χ4n) is 9.75. The molecular formula is C77H130O6. The summed E-state index contributed by atoms with van der Waals surface area (Å²) in [5.74, 6) is -0.894. The van der Waals surface area contributed by atoms with Crippen molar-refractivity contribution in [3.8, 4) is 0 Å². The van der Waals surface area contributed by atoms with Crippen molar-refractivity contribution in [2.75, 3.05) is 13.2 Å². The van der Waals surface area contributed by atoms with Gasteiger partial charge < -0.3 is 14.2 Å². The second-order valence-electron chi connectivity index (χ2n) is 23.0. The first kappa shape index (κ1) is 78.8. The van der Waals surface area contributed by atoms with Crippen LogP contribution in [0, 0.1) is 0 Å². The highest BCUT2D eigenvalue weighted by molar-refractivity contribution is 5.71. The van der Waals surface area contributed by atoms with Crippen LogP contribution < -0.4 is 0 Å². The van der Waals surface area contributed by atoms with Gasteiger partial charge in [-0.25, -0.2) is 0 Å². The number of carbonyl (C=O) groups excluding carboxylic acids is 3. The molecule has 0 amide bonds. The topological polar surface area (TPSA) is 78.9 Å². The van der Waals surface area contributed by atoms with E-state index in [1.54, 1.807) is 0 Å². The standard InChI is InChI=1S/C77H130O6/c1-4-7-10-13-16-19-22-25-28-31-34-35-36-37-38-39-40-41-44-46-49-52-55-58-61-64-67-70-76(79)82-73-74(83-77(80)71-68-65-62-59-56-53-50-47-43-33-30-27-24-21-18-15-12-9-6-3)72-81-75(78)69-66-63-60-57-54-51-48-45-42-32-29-26-23-20-17-14-11-8-5-2/h7,9-10,12,16,18-19,21,25-30,34-35,37-38,43,47,74H,4-6,8,11,13-15,17,20,22-24,31-33,36,39-42,44-46,48-73H2,1-3H3/b10-7-,12-9-,19-16-,21-18-,28-25-,29-26-,30-27-,35-34-,38-37-,47-43-. The van der Waals surface area contributed by atoms with Gasteiger partial charge in [-0.05, 0) is 128 Å². The third-order valence-electron chi connectivity index (χ3n) is 14.9. The van der Waals surface area contributed by atoms with E-state index in [4.69, 9.17) is 14.2 Å². The Morgan fingerprint density at radius 3 is 0.747 bits per heavy atom. The first-order chi connectivity index (χ1) is 41.0. The Labute approximate surface area is 513 Å². The van der Waals surface area contributed by atoms with Crippen LogP contribution in [0.5, 0.6) is 0 Å². The number of hydrogen-bond acceptors (Lipinski definition) is 6. The van der Waals surface area contributed by atoms with Crippen LogP contribution in [0.1, 0.15) is 329 Å². The van der Waals surface area contributed by atoms with E-state index in [-0.39, 0.29) is 31.1 Å². The molecule has 0 bridgehead atoms. The average Bonchev–Trinajstić information content (AvgIpc) is 3.50. The second kappa shape index (κ2) is 70.3. The smallest absolute Gasteiger partial charge is 0.306 e. The molecule has 0 aromatic carbocycles. The Bertz CT molecular complexity index is 1700. The number of allylic oxidation sites excluding steroid dienone is 20. The van der Waals surface area contributed by atoms with E-state index in [1.165, 1.54) is 161 Å². The van der Waals surface area contributed by atoms with E-state index in [1.807, 2.05) is 0 Å². The van der Waals surface area contributed by atoms with E-state index in [0.717, 1.165) is 128 Å². The van der Waals surface area contributed by atoms with Gasteiger partial charge in [-0.2, -0.15) is 0 Å². The molecule has 0 spiro atoms. The number of ether oxygens (including phenoxy) is 3. The Balaban J connectivity index is 4.38. The number of esters is 3. The van der Waals surface area contributed by atoms with Crippen LogP contribution in [-0.4, -0.2) is 37.2 Å². The molecule has 0 N–H and O–H groups in total. The third kappa shape index (κ3) is 68.5. The van der Waals surface area contributed by atoms with Crippen LogP contribution >= 0.6 is 0 Å². The van der Waals surface area contributed by atoms with Crippen LogP contribution in [0.3, 0.4) is 0 Å². The van der Waals surface area contributed by atoms with Gasteiger partial charge in [0.1, 0.15) is 13.2 Å². The van der Waals surface area contributed by atoms with Gasteiger partial charge in [0.2, 0.25) is 0 Å². The van der Waals surface area contributed by atoms with E-state index >= 15 is 0 Å². The summed E-state index contributed by atoms with van der Waals surface area (Å²) in [6, 6.07) is 0. The third-order valence-corrected chi connectivity index (χ3v) is 14.9. The maximum Gasteiger partial charge on any atom is 0.306 e. The largest absolute Gasteiger partial charge is 0.462 e. The zero-order valence-electron chi connectivity index (χ0n) is 54.4. The first-order valence-corrected chi connectivity index (χ1v) is 35.0. The van der Waals surface area contributed by atoms with Gasteiger partial charge in [-0.15, -0.1) is 0 Å². The number of hydrogen-bond donors (Lipinski definition) is 0. The normalized spacial score (nSPS) is 12.9. The van der Waals surface area contributed by atoms with Crippen molar-refractivity contribution < 1.29 is 28.6 Å². The monoisotopic (exact) mass is 1150 g/mol. The van der Waals surface area contributed by atoms with Gasteiger partial charge in [-0.3, -0.25) is 14.4 Å². The highest BCUT2D eigenvalue weighted by Crippen LogP contribution is 2.17. The number of unbranched alkanes of at least 4 members (excludes halogenated alkanes) is 32. The lowest BCUT2D eigenvalue weighted by molar-refractivity contribution is -0.167. The molecular weight excluding hydrogens is 1020 g/mol. The van der Waals surface area contributed by atoms with Gasteiger partial charge in [0.05, 0.1) is 0 Å². The summed E-state index contributed by atoms with van der Waals surface area (Å²) in [6.45, 7) is 6.43. The maximum atomic E-state index is 13.0. The molecule has 1 atom stereocenters. The molecule has 1 unspecified atom stereocenters. The lowest BCUT2D eigenvalue weighted by atomic mass is 10.0. The zero-order chi connectivity index (χ0) is 59.9. The van der Waals surface area contributed by atoms with E-state index < -0.39 is 6.10 Å². The van der Waals surface area contributed by atoms with Gasteiger partial charge in [-0.1, -0.05) is 303 Å². The van der Waals surface area contributed by atoms with Gasteiger partial charge in [0.25, 0.3) is 0 Å². The Morgan fingerprint density at radius 2 is 0.470 bits per heavy atom. The molecule has 0 aliphatic rings. The fourth-order valence-corrected chi connectivity index (χ4v) is 9.75. The first-order valence-electron chi connectivity index (χ1n) is 35.0. The van der Waals surface area contributed by atoms with Crippen LogP contribution in [0.2, 0.25) is 0 Å². The van der Waals surface area contributed by atoms with Crippen molar-refractivity contribution in [2.24, 2.45) is 0 Å². The van der Waals surface area contributed by atoms with E-state index in [2.05, 4.69) is 142 Å². The molecule has 6 nitrogen and oxygen atoms in total. The van der Waals surface area contributed by atoms with Crippen LogP contribution in [-0.2, 0) is 28.6 Å². The number of rotatable bonds is 63. The van der Waals surface area contributed by atoms with Gasteiger partial charge >= 0.3 is 17.9 Å². The predicted octanol–water partition coefficient (Wildman–Crippen LogP) is 24.3. The minimum Gasteiger partial charge on any atom is -0.462 e. The molecule has 83 heavy (non-hydrogen) atoms. The summed E-state index contributed by atoms with van der Waals surface area (Å²) in [4.78, 5) is 38.5. The van der Waals surface area contributed by atoms with Crippen molar-refractivity contribution in [1.82, 2.24) is 0 Å². The zero-order valence-corrected chi connectivity index (χ0v) is 54.4. The Hall–Kier alpha value is -4.19. The molecule has 0 fully saturated rings. The Kier molecular flexibility index (Phi) is 66.7. The summed E-state index contributed by atoms with van der Waals surface area (Å²) >= 11 is 0. The molecule has 0 saturated heterocycles. The molecule has 0 rings (SSSR count). The highest BCUT2D eigenvalue weighted by atomic mass is 16.6. The predicted molar refractivity (Wildman–Crippen MR) is 362 cm³/mol. The van der Waals surface area contributed by atoms with Crippen LogP contribution in [0.25, 0.3) is 0 Å². The van der Waals surface area contributed by atoms with Crippen molar-refractivity contribution in [3.63, 3.8) is 0 Å². The minimum absolute atomic E-state index is 0.0862. The molecule has 0 saturated carbocycles. The summed E-state index contributed by atoms with van der Waals surface area (Å²) < 4.78 is 17.0. The minimum atomic E-state index is -0.793. The van der Waals surface area contributed by atoms with Crippen LogP contribution in [0.4, 0.5) is 0 Å². The molecule has 0 aromatic heterocycles. The Morgan fingerprint density at radius 1 is 0.253 bits per heavy atom. The van der Waals surface area contributed by atoms with Gasteiger partial charge in [0, 0.05) is 19.3 Å². The molecule has 6 heteroatoms. The average molecular weight is 1150 g/mol. The molecule has 0 heterocycles. The summed E-state index contributed by atoms with van der Waals surface area (Å²) in [6.07, 6.45) is 97.8. The maximum absolute atomic E-state index is 13.0. The second-order valence-corrected chi connectivity index (χ2v) is 23.0. The van der Waals surface area contributed by atoms with E-state index in [9.17, 15) is 14.4 Å². The fraction of sp³-hybridized carbons (Fsp3) is 0.701. The van der Waals surface area contributed by atoms with Gasteiger partial charge in [0.15, 0.2) is 6.10 Å². The molecule has 0 aromatic rings.